The summed E-state index contributed by atoms with van der Waals surface area (Å²) in [5, 5.41) is 6.28. The third-order valence-electron chi connectivity index (χ3n) is 3.94. The van der Waals surface area contributed by atoms with Crippen molar-refractivity contribution in [3.63, 3.8) is 0 Å². The van der Waals surface area contributed by atoms with E-state index in [1.165, 1.54) is 0 Å². The van der Waals surface area contributed by atoms with Gasteiger partial charge in [0.05, 0.1) is 13.2 Å². The Balaban J connectivity index is 1.74. The molecule has 0 aromatic heterocycles. The zero-order chi connectivity index (χ0) is 15.1. The van der Waals surface area contributed by atoms with Crippen molar-refractivity contribution in [2.75, 3.05) is 46.4 Å². The molecule has 0 spiro atoms. The molecule has 6 heteroatoms. The van der Waals surface area contributed by atoms with E-state index < -0.39 is 0 Å². The average molecular weight is 296 g/mol. The van der Waals surface area contributed by atoms with E-state index in [1.54, 1.807) is 7.11 Å². The molecule has 120 valence electrons. The fourth-order valence-corrected chi connectivity index (χ4v) is 2.65. The standard InChI is InChI=1S/C15H28N4O2/c1-3-16-15(19-9-6-12(10-19)11-21-2)18-8-7-17-14(20)13-4-5-13/h12-13H,3-11H2,1-2H3,(H,16,18)(H,17,20). The zero-order valence-corrected chi connectivity index (χ0v) is 13.2. The molecule has 21 heavy (non-hydrogen) atoms. The molecule has 0 radical (unpaired) electrons. The van der Waals surface area contributed by atoms with Crippen molar-refractivity contribution >= 4 is 11.9 Å². The fraction of sp³-hybridized carbons (Fsp3) is 0.867. The normalized spacial score (nSPS) is 22.5. The van der Waals surface area contributed by atoms with Gasteiger partial charge >= 0.3 is 0 Å². The average Bonchev–Trinajstić information content (AvgIpc) is 3.23. The summed E-state index contributed by atoms with van der Waals surface area (Å²) in [5.41, 5.74) is 0. The SMILES string of the molecule is CCNC(=NCCNC(=O)C1CC1)N1CCC(COC)C1. The maximum atomic E-state index is 11.5. The molecule has 2 N–H and O–H groups in total. The predicted octanol–water partition coefficient (Wildman–Crippen LogP) is 0.446. The smallest absolute Gasteiger partial charge is 0.223 e. The second-order valence-corrected chi connectivity index (χ2v) is 5.86. The largest absolute Gasteiger partial charge is 0.384 e. The molecule has 1 saturated carbocycles. The molecule has 6 nitrogen and oxygen atoms in total. The highest BCUT2D eigenvalue weighted by atomic mass is 16.5. The van der Waals surface area contributed by atoms with Crippen LogP contribution in [0.5, 0.6) is 0 Å². The first-order valence-electron chi connectivity index (χ1n) is 8.04. The summed E-state index contributed by atoms with van der Waals surface area (Å²) in [5.74, 6) is 2.01. The quantitative estimate of drug-likeness (QED) is 0.407. The van der Waals surface area contributed by atoms with Crippen LogP contribution in [0.25, 0.3) is 0 Å². The van der Waals surface area contributed by atoms with Gasteiger partial charge < -0.3 is 20.3 Å². The van der Waals surface area contributed by atoms with Crippen LogP contribution in [0.15, 0.2) is 4.99 Å². The molecule has 1 heterocycles. The van der Waals surface area contributed by atoms with Crippen molar-refractivity contribution in [3.8, 4) is 0 Å². The summed E-state index contributed by atoms with van der Waals surface area (Å²) >= 11 is 0. The van der Waals surface area contributed by atoms with Gasteiger partial charge in [0, 0.05) is 45.1 Å². The summed E-state index contributed by atoms with van der Waals surface area (Å²) in [6.07, 6.45) is 3.25. The lowest BCUT2D eigenvalue weighted by Gasteiger charge is -2.21. The lowest BCUT2D eigenvalue weighted by molar-refractivity contribution is -0.122. The van der Waals surface area contributed by atoms with Crippen LogP contribution in [0.1, 0.15) is 26.2 Å². The summed E-state index contributed by atoms with van der Waals surface area (Å²) in [6.45, 7) is 7.02. The molecule has 0 aromatic carbocycles. The predicted molar refractivity (Wildman–Crippen MR) is 83.3 cm³/mol. The first kappa shape index (κ1) is 16.1. The van der Waals surface area contributed by atoms with Crippen LogP contribution < -0.4 is 10.6 Å². The molecule has 1 unspecified atom stereocenters. The Morgan fingerprint density at radius 2 is 2.14 bits per heavy atom. The third kappa shape index (κ3) is 5.19. The van der Waals surface area contributed by atoms with Crippen LogP contribution in [0.3, 0.4) is 0 Å². The molecule has 2 fully saturated rings. The van der Waals surface area contributed by atoms with Gasteiger partial charge in [-0.05, 0) is 26.2 Å². The van der Waals surface area contributed by atoms with Crippen LogP contribution >= 0.6 is 0 Å². The van der Waals surface area contributed by atoms with Crippen molar-refractivity contribution in [2.24, 2.45) is 16.8 Å². The van der Waals surface area contributed by atoms with Crippen molar-refractivity contribution < 1.29 is 9.53 Å². The molecule has 1 saturated heterocycles. The highest BCUT2D eigenvalue weighted by Gasteiger charge is 2.29. The minimum Gasteiger partial charge on any atom is -0.384 e. The molecule has 0 aromatic rings. The first-order valence-corrected chi connectivity index (χ1v) is 8.04. The minimum atomic E-state index is 0.191. The van der Waals surface area contributed by atoms with Crippen LogP contribution in [-0.2, 0) is 9.53 Å². The molecule has 1 atom stereocenters. The Kier molecular flexibility index (Phi) is 6.29. The lowest BCUT2D eigenvalue weighted by atomic mass is 10.1. The number of hydrogen-bond donors (Lipinski definition) is 2. The Labute approximate surface area is 127 Å². The number of carbonyl (C=O) groups excluding carboxylic acids is 1. The van der Waals surface area contributed by atoms with Crippen molar-refractivity contribution in [1.29, 1.82) is 0 Å². The number of methoxy groups -OCH3 is 1. The molecule has 1 aliphatic heterocycles. The molecule has 0 bridgehead atoms. The second kappa shape index (κ2) is 8.22. The van der Waals surface area contributed by atoms with Gasteiger partial charge in [0.1, 0.15) is 0 Å². The molecular weight excluding hydrogens is 268 g/mol. The number of amides is 1. The highest BCUT2D eigenvalue weighted by molar-refractivity contribution is 5.81. The van der Waals surface area contributed by atoms with E-state index in [1.807, 2.05) is 0 Å². The molecule has 2 rings (SSSR count). The summed E-state index contributed by atoms with van der Waals surface area (Å²) < 4.78 is 5.23. The number of nitrogens with one attached hydrogen (secondary N) is 2. The van der Waals surface area contributed by atoms with Gasteiger partial charge in [-0.2, -0.15) is 0 Å². The number of guanidine groups is 1. The van der Waals surface area contributed by atoms with Gasteiger partial charge in [0.25, 0.3) is 0 Å². The van der Waals surface area contributed by atoms with Crippen LogP contribution in [-0.4, -0.2) is 63.2 Å². The van der Waals surface area contributed by atoms with E-state index in [9.17, 15) is 4.79 Å². The monoisotopic (exact) mass is 296 g/mol. The number of hydrogen-bond acceptors (Lipinski definition) is 3. The van der Waals surface area contributed by atoms with E-state index in [0.717, 1.165) is 51.5 Å². The summed E-state index contributed by atoms with van der Waals surface area (Å²) in [6, 6.07) is 0. The van der Waals surface area contributed by atoms with Gasteiger partial charge in [-0.15, -0.1) is 0 Å². The van der Waals surface area contributed by atoms with E-state index in [2.05, 4.69) is 27.4 Å². The van der Waals surface area contributed by atoms with E-state index in [0.29, 0.717) is 19.0 Å². The fourth-order valence-electron chi connectivity index (χ4n) is 2.65. The Bertz CT molecular complexity index is 369. The first-order chi connectivity index (χ1) is 10.2. The van der Waals surface area contributed by atoms with E-state index in [-0.39, 0.29) is 11.8 Å². The van der Waals surface area contributed by atoms with Gasteiger partial charge in [-0.3, -0.25) is 9.79 Å². The second-order valence-electron chi connectivity index (χ2n) is 5.86. The molecular formula is C15H28N4O2. The lowest BCUT2D eigenvalue weighted by Crippen LogP contribution is -2.41. The van der Waals surface area contributed by atoms with Gasteiger partial charge in [-0.1, -0.05) is 0 Å². The van der Waals surface area contributed by atoms with E-state index in [4.69, 9.17) is 4.74 Å². The number of rotatable bonds is 7. The zero-order valence-electron chi connectivity index (χ0n) is 13.2. The number of likely N-dealkylation sites (tertiary alicyclic amines) is 1. The van der Waals surface area contributed by atoms with Crippen molar-refractivity contribution in [3.05, 3.63) is 0 Å². The summed E-state index contributed by atoms with van der Waals surface area (Å²) in [7, 11) is 1.75. The van der Waals surface area contributed by atoms with Gasteiger partial charge in [0.2, 0.25) is 5.91 Å². The van der Waals surface area contributed by atoms with Crippen molar-refractivity contribution in [2.45, 2.75) is 26.2 Å². The number of ether oxygens (including phenoxy) is 1. The maximum absolute atomic E-state index is 11.5. The van der Waals surface area contributed by atoms with Crippen LogP contribution in [0.4, 0.5) is 0 Å². The minimum absolute atomic E-state index is 0.191. The Morgan fingerprint density at radius 3 is 2.81 bits per heavy atom. The van der Waals surface area contributed by atoms with Gasteiger partial charge in [0.15, 0.2) is 5.96 Å². The molecule has 2 aliphatic rings. The van der Waals surface area contributed by atoms with Crippen molar-refractivity contribution in [1.82, 2.24) is 15.5 Å². The number of carbonyl (C=O) groups is 1. The Hall–Kier alpha value is -1.30. The maximum Gasteiger partial charge on any atom is 0.223 e. The third-order valence-corrected chi connectivity index (χ3v) is 3.94. The van der Waals surface area contributed by atoms with Crippen LogP contribution in [0, 0.1) is 11.8 Å². The molecule has 1 amide bonds. The number of aliphatic imine (C=N–C) groups is 1. The number of nitrogens with zero attached hydrogens (tertiary/aromatic N) is 2. The summed E-state index contributed by atoms with van der Waals surface area (Å²) in [4.78, 5) is 18.5. The topological polar surface area (TPSA) is 66.0 Å². The van der Waals surface area contributed by atoms with E-state index >= 15 is 0 Å². The molecule has 1 aliphatic carbocycles. The highest BCUT2D eigenvalue weighted by Crippen LogP contribution is 2.28. The van der Waals surface area contributed by atoms with Crippen LogP contribution in [0.2, 0.25) is 0 Å². The Morgan fingerprint density at radius 1 is 1.33 bits per heavy atom. The van der Waals surface area contributed by atoms with Gasteiger partial charge in [-0.25, -0.2) is 0 Å².